The summed E-state index contributed by atoms with van der Waals surface area (Å²) in [5.74, 6) is 0.820. The van der Waals surface area contributed by atoms with E-state index in [-0.39, 0.29) is 29.7 Å². The SMILES string of the molecule is CCOC(=O)CCN(CC1CC1)C(=O)c1ccc(NS(=O)(=O)c2ccc3c(c2)OCCO3)cc1. The molecule has 0 saturated heterocycles. The molecular formula is C24H28N2O7S. The molecule has 2 aromatic carbocycles. The summed E-state index contributed by atoms with van der Waals surface area (Å²) in [6, 6.07) is 10.7. The van der Waals surface area contributed by atoms with Crippen molar-refractivity contribution in [2.75, 3.05) is 37.6 Å². The molecule has 10 heteroatoms. The quantitative estimate of drug-likeness (QED) is 0.512. The lowest BCUT2D eigenvalue weighted by Crippen LogP contribution is -2.35. The zero-order valence-electron chi connectivity index (χ0n) is 19.0. The van der Waals surface area contributed by atoms with Gasteiger partial charge in [0.2, 0.25) is 0 Å². The molecule has 1 amide bonds. The molecule has 9 nitrogen and oxygen atoms in total. The molecule has 1 saturated carbocycles. The summed E-state index contributed by atoms with van der Waals surface area (Å²) in [6.07, 6.45) is 2.28. The Balaban J connectivity index is 1.42. The van der Waals surface area contributed by atoms with Crippen LogP contribution in [0.3, 0.4) is 0 Å². The number of fused-ring (bicyclic) bond motifs is 1. The first-order valence-electron chi connectivity index (χ1n) is 11.3. The number of sulfonamides is 1. The fraction of sp³-hybridized carbons (Fsp3) is 0.417. The number of carbonyl (C=O) groups is 2. The third kappa shape index (κ3) is 5.99. The fourth-order valence-corrected chi connectivity index (χ4v) is 4.69. The Morgan fingerprint density at radius 2 is 1.76 bits per heavy atom. The molecule has 0 bridgehead atoms. The predicted molar refractivity (Wildman–Crippen MR) is 125 cm³/mol. The van der Waals surface area contributed by atoms with Crippen LogP contribution in [-0.4, -0.2) is 58.1 Å². The lowest BCUT2D eigenvalue weighted by molar-refractivity contribution is -0.143. The molecule has 34 heavy (non-hydrogen) atoms. The molecule has 0 unspecified atom stereocenters. The van der Waals surface area contributed by atoms with Gasteiger partial charge < -0.3 is 19.1 Å². The first-order valence-corrected chi connectivity index (χ1v) is 12.8. The first-order chi connectivity index (χ1) is 16.4. The summed E-state index contributed by atoms with van der Waals surface area (Å²) in [5, 5.41) is 0. The minimum atomic E-state index is -3.86. The van der Waals surface area contributed by atoms with Gasteiger partial charge in [-0.1, -0.05) is 0 Å². The summed E-state index contributed by atoms with van der Waals surface area (Å²) in [4.78, 5) is 26.5. The average molecular weight is 489 g/mol. The van der Waals surface area contributed by atoms with Crippen LogP contribution < -0.4 is 14.2 Å². The third-order valence-corrected chi connectivity index (χ3v) is 6.94. The van der Waals surface area contributed by atoms with Gasteiger partial charge in [-0.2, -0.15) is 0 Å². The van der Waals surface area contributed by atoms with Crippen LogP contribution in [0, 0.1) is 5.92 Å². The van der Waals surface area contributed by atoms with Gasteiger partial charge in [-0.15, -0.1) is 0 Å². The maximum absolute atomic E-state index is 13.0. The van der Waals surface area contributed by atoms with Crippen LogP contribution in [-0.2, 0) is 19.6 Å². The summed E-state index contributed by atoms with van der Waals surface area (Å²) >= 11 is 0. The van der Waals surface area contributed by atoms with Crippen molar-refractivity contribution in [3.8, 4) is 11.5 Å². The van der Waals surface area contributed by atoms with Gasteiger partial charge in [0.15, 0.2) is 11.5 Å². The number of anilines is 1. The molecular weight excluding hydrogens is 460 g/mol. The Bertz CT molecular complexity index is 1140. The molecule has 1 N–H and O–H groups in total. The highest BCUT2D eigenvalue weighted by molar-refractivity contribution is 7.92. The van der Waals surface area contributed by atoms with Gasteiger partial charge in [0.05, 0.1) is 17.9 Å². The minimum absolute atomic E-state index is 0.0477. The van der Waals surface area contributed by atoms with Crippen LogP contribution in [0.2, 0.25) is 0 Å². The largest absolute Gasteiger partial charge is 0.486 e. The van der Waals surface area contributed by atoms with Crippen LogP contribution >= 0.6 is 0 Å². The number of nitrogens with zero attached hydrogens (tertiary/aromatic N) is 1. The van der Waals surface area contributed by atoms with Crippen LogP contribution in [0.5, 0.6) is 11.5 Å². The van der Waals surface area contributed by atoms with E-state index in [1.165, 1.54) is 12.1 Å². The molecule has 1 fully saturated rings. The number of benzene rings is 2. The number of carbonyl (C=O) groups excluding carboxylic acids is 2. The maximum Gasteiger partial charge on any atom is 0.307 e. The van der Waals surface area contributed by atoms with Crippen molar-refractivity contribution >= 4 is 27.6 Å². The van der Waals surface area contributed by atoms with E-state index in [1.807, 2.05) is 0 Å². The smallest absolute Gasteiger partial charge is 0.307 e. The van der Waals surface area contributed by atoms with Crippen LogP contribution in [0.4, 0.5) is 5.69 Å². The Morgan fingerprint density at radius 1 is 1.06 bits per heavy atom. The summed E-state index contributed by atoms with van der Waals surface area (Å²) in [7, 11) is -3.86. The summed E-state index contributed by atoms with van der Waals surface area (Å²) < 4.78 is 44.0. The zero-order valence-corrected chi connectivity index (χ0v) is 19.8. The van der Waals surface area contributed by atoms with Gasteiger partial charge in [0.1, 0.15) is 13.2 Å². The Hall–Kier alpha value is -3.27. The number of amides is 1. The second-order valence-electron chi connectivity index (χ2n) is 8.24. The second kappa shape index (κ2) is 10.3. The van der Waals surface area contributed by atoms with E-state index in [2.05, 4.69) is 4.72 Å². The van der Waals surface area contributed by atoms with E-state index in [4.69, 9.17) is 14.2 Å². The highest BCUT2D eigenvalue weighted by Crippen LogP contribution is 2.33. The molecule has 2 aromatic rings. The average Bonchev–Trinajstić information content (AvgIpc) is 3.65. The van der Waals surface area contributed by atoms with E-state index >= 15 is 0 Å². The van der Waals surface area contributed by atoms with Gasteiger partial charge in [0.25, 0.3) is 15.9 Å². The molecule has 0 aromatic heterocycles. The number of esters is 1. The van der Waals surface area contributed by atoms with Crippen molar-refractivity contribution in [2.24, 2.45) is 5.92 Å². The van der Waals surface area contributed by atoms with Gasteiger partial charge >= 0.3 is 5.97 Å². The van der Waals surface area contributed by atoms with Crippen molar-refractivity contribution in [2.45, 2.75) is 31.1 Å². The third-order valence-electron chi connectivity index (χ3n) is 5.56. The standard InChI is InChI=1S/C24H28N2O7S/c1-2-31-23(27)11-12-26(16-17-3-4-17)24(28)18-5-7-19(8-6-18)25-34(29,30)20-9-10-21-22(15-20)33-14-13-32-21/h5-10,15,17,25H,2-4,11-14,16H2,1H3. The maximum atomic E-state index is 13.0. The number of hydrogen-bond acceptors (Lipinski definition) is 7. The molecule has 2 aliphatic rings. The van der Waals surface area contributed by atoms with Crippen molar-refractivity contribution in [3.63, 3.8) is 0 Å². The molecule has 0 spiro atoms. The van der Waals surface area contributed by atoms with Crippen molar-refractivity contribution < 1.29 is 32.2 Å². The van der Waals surface area contributed by atoms with E-state index in [1.54, 1.807) is 42.2 Å². The lowest BCUT2D eigenvalue weighted by Gasteiger charge is -2.22. The molecule has 0 radical (unpaired) electrons. The predicted octanol–water partition coefficient (Wildman–Crippen LogP) is 3.06. The molecule has 0 atom stereocenters. The lowest BCUT2D eigenvalue weighted by atomic mass is 10.1. The van der Waals surface area contributed by atoms with E-state index in [9.17, 15) is 18.0 Å². The van der Waals surface area contributed by atoms with Crippen LogP contribution in [0.1, 0.15) is 36.5 Å². The van der Waals surface area contributed by atoms with Crippen LogP contribution in [0.25, 0.3) is 0 Å². The normalized spacial score (nSPS) is 14.9. The van der Waals surface area contributed by atoms with Gasteiger partial charge in [0, 0.05) is 30.4 Å². The zero-order chi connectivity index (χ0) is 24.1. The summed E-state index contributed by atoms with van der Waals surface area (Å²) in [5.41, 5.74) is 0.749. The monoisotopic (exact) mass is 488 g/mol. The fourth-order valence-electron chi connectivity index (χ4n) is 3.62. The minimum Gasteiger partial charge on any atom is -0.486 e. The van der Waals surface area contributed by atoms with E-state index < -0.39 is 10.0 Å². The van der Waals surface area contributed by atoms with E-state index in [0.717, 1.165) is 12.8 Å². The van der Waals surface area contributed by atoms with Crippen molar-refractivity contribution in [3.05, 3.63) is 48.0 Å². The molecule has 1 heterocycles. The van der Waals surface area contributed by atoms with Crippen LogP contribution in [0.15, 0.2) is 47.4 Å². The van der Waals surface area contributed by atoms with E-state index in [0.29, 0.717) is 55.0 Å². The molecule has 4 rings (SSSR count). The van der Waals surface area contributed by atoms with Gasteiger partial charge in [-0.25, -0.2) is 8.42 Å². The Kier molecular flexibility index (Phi) is 7.26. The highest BCUT2D eigenvalue weighted by atomic mass is 32.2. The molecule has 1 aliphatic heterocycles. The molecule has 1 aliphatic carbocycles. The van der Waals surface area contributed by atoms with Crippen molar-refractivity contribution in [1.82, 2.24) is 4.90 Å². The van der Waals surface area contributed by atoms with Crippen molar-refractivity contribution in [1.29, 1.82) is 0 Å². The topological polar surface area (TPSA) is 111 Å². The first kappa shape index (κ1) is 23.9. The second-order valence-corrected chi connectivity index (χ2v) is 9.92. The Morgan fingerprint density at radius 3 is 2.44 bits per heavy atom. The van der Waals surface area contributed by atoms with Gasteiger partial charge in [-0.3, -0.25) is 14.3 Å². The number of hydrogen-bond donors (Lipinski definition) is 1. The number of ether oxygens (including phenoxy) is 3. The highest BCUT2D eigenvalue weighted by Gasteiger charge is 2.28. The van der Waals surface area contributed by atoms with Gasteiger partial charge in [-0.05, 0) is 62.1 Å². The summed E-state index contributed by atoms with van der Waals surface area (Å²) in [6.45, 7) is 3.71. The Labute approximate surface area is 199 Å². The molecule has 182 valence electrons. The number of nitrogens with one attached hydrogen (secondary N) is 1. The number of rotatable bonds is 10.